The maximum Gasteiger partial charge on any atom is 0.201 e. The summed E-state index contributed by atoms with van der Waals surface area (Å²) in [5.41, 5.74) is 1.90. The van der Waals surface area contributed by atoms with E-state index in [1.807, 2.05) is 25.1 Å². The van der Waals surface area contributed by atoms with E-state index in [0.717, 1.165) is 33.8 Å². The van der Waals surface area contributed by atoms with E-state index in [-0.39, 0.29) is 11.7 Å². The molecule has 0 saturated heterocycles. The van der Waals surface area contributed by atoms with Crippen LogP contribution in [0, 0.1) is 12.8 Å². The van der Waals surface area contributed by atoms with Crippen molar-refractivity contribution in [3.8, 4) is 0 Å². The second-order valence-corrected chi connectivity index (χ2v) is 6.37. The van der Waals surface area contributed by atoms with Crippen molar-refractivity contribution in [3.63, 3.8) is 0 Å². The highest BCUT2D eigenvalue weighted by atomic mass is 79.9. The number of carbonyl (C=O) groups is 1. The van der Waals surface area contributed by atoms with Gasteiger partial charge < -0.3 is 4.42 Å². The Balaban J connectivity index is 1.96. The molecule has 0 atom stereocenters. The Bertz CT molecular complexity index is 621. The molecule has 1 aliphatic rings. The van der Waals surface area contributed by atoms with Crippen molar-refractivity contribution in [1.29, 1.82) is 0 Å². The van der Waals surface area contributed by atoms with Gasteiger partial charge in [-0.05, 0) is 43.5 Å². The van der Waals surface area contributed by atoms with E-state index >= 15 is 0 Å². The van der Waals surface area contributed by atoms with Crippen LogP contribution in [0.3, 0.4) is 0 Å². The lowest BCUT2D eigenvalue weighted by molar-refractivity contribution is 0.0863. The van der Waals surface area contributed by atoms with Crippen molar-refractivity contribution in [2.75, 3.05) is 0 Å². The van der Waals surface area contributed by atoms with Crippen molar-refractivity contribution < 1.29 is 9.21 Å². The second-order valence-electron chi connectivity index (χ2n) is 5.45. The highest BCUT2D eigenvalue weighted by Gasteiger charge is 2.25. The highest BCUT2D eigenvalue weighted by Crippen LogP contribution is 2.31. The molecule has 0 amide bonds. The van der Waals surface area contributed by atoms with Crippen LogP contribution in [0.2, 0.25) is 0 Å². The first-order valence-corrected chi connectivity index (χ1v) is 7.68. The zero-order valence-electron chi connectivity index (χ0n) is 11.0. The zero-order chi connectivity index (χ0) is 13.4. The minimum absolute atomic E-state index is 0.165. The molecule has 1 saturated carbocycles. The normalized spacial score (nSPS) is 16.9. The van der Waals surface area contributed by atoms with Crippen molar-refractivity contribution in [3.05, 3.63) is 34.0 Å². The summed E-state index contributed by atoms with van der Waals surface area (Å²) in [6.07, 6.45) is 5.62. The molecule has 2 nitrogen and oxygen atoms in total. The van der Waals surface area contributed by atoms with E-state index in [9.17, 15) is 4.79 Å². The summed E-state index contributed by atoms with van der Waals surface area (Å²) in [6, 6.07) is 5.91. The largest absolute Gasteiger partial charge is 0.453 e. The molecule has 2 aromatic rings. The van der Waals surface area contributed by atoms with Gasteiger partial charge in [-0.15, -0.1) is 0 Å². The molecule has 0 N–H and O–H groups in total. The predicted octanol–water partition coefficient (Wildman–Crippen LogP) is 5.27. The predicted molar refractivity (Wildman–Crippen MR) is 79.6 cm³/mol. The molecule has 0 unspecified atom stereocenters. The van der Waals surface area contributed by atoms with Crippen molar-refractivity contribution in [1.82, 2.24) is 0 Å². The van der Waals surface area contributed by atoms with Crippen molar-refractivity contribution in [2.24, 2.45) is 5.92 Å². The fourth-order valence-corrected chi connectivity index (χ4v) is 3.56. The minimum atomic E-state index is 0.165. The summed E-state index contributed by atoms with van der Waals surface area (Å²) in [5.74, 6) is 0.882. The molecular weight excluding hydrogens is 304 g/mol. The number of aryl methyl sites for hydroxylation is 1. The van der Waals surface area contributed by atoms with E-state index in [0.29, 0.717) is 5.76 Å². The van der Waals surface area contributed by atoms with Crippen LogP contribution < -0.4 is 0 Å². The van der Waals surface area contributed by atoms with Gasteiger partial charge in [0.25, 0.3) is 0 Å². The summed E-state index contributed by atoms with van der Waals surface area (Å²) in [4.78, 5) is 12.5. The number of halogens is 1. The van der Waals surface area contributed by atoms with Gasteiger partial charge in [0.1, 0.15) is 5.58 Å². The van der Waals surface area contributed by atoms with Crippen molar-refractivity contribution >= 4 is 32.7 Å². The molecule has 0 spiro atoms. The van der Waals surface area contributed by atoms with E-state index in [1.54, 1.807) is 0 Å². The number of hydrogen-bond donors (Lipinski definition) is 0. The first kappa shape index (κ1) is 12.9. The number of furan rings is 1. The van der Waals surface area contributed by atoms with Gasteiger partial charge in [-0.3, -0.25) is 4.79 Å². The quantitative estimate of drug-likeness (QED) is 0.706. The second kappa shape index (κ2) is 5.12. The standard InChI is InChI=1S/C16H17BrO2/c1-10-7-13(17)8-12-9-14(19-16(10)12)15(18)11-5-3-2-4-6-11/h7-9,11H,2-6H2,1H3. The van der Waals surface area contributed by atoms with E-state index in [1.165, 1.54) is 19.3 Å². The average Bonchev–Trinajstić information content (AvgIpc) is 2.83. The number of hydrogen-bond acceptors (Lipinski definition) is 2. The summed E-state index contributed by atoms with van der Waals surface area (Å²) in [7, 11) is 0. The molecular formula is C16H17BrO2. The molecule has 0 radical (unpaired) electrons. The van der Waals surface area contributed by atoms with Crippen LogP contribution in [0.4, 0.5) is 0 Å². The van der Waals surface area contributed by atoms with Crippen LogP contribution in [0.5, 0.6) is 0 Å². The van der Waals surface area contributed by atoms with Gasteiger partial charge in [0.2, 0.25) is 5.78 Å². The third-order valence-electron chi connectivity index (χ3n) is 3.99. The maximum atomic E-state index is 12.5. The highest BCUT2D eigenvalue weighted by molar-refractivity contribution is 9.10. The lowest BCUT2D eigenvalue weighted by Gasteiger charge is -2.18. The fourth-order valence-electron chi connectivity index (χ4n) is 2.97. The Morgan fingerprint density at radius 3 is 2.68 bits per heavy atom. The monoisotopic (exact) mass is 320 g/mol. The van der Waals surface area contributed by atoms with Crippen LogP contribution in [-0.4, -0.2) is 5.78 Å². The molecule has 100 valence electrons. The Kier molecular flexibility index (Phi) is 3.48. The Morgan fingerprint density at radius 2 is 1.95 bits per heavy atom. The van der Waals surface area contributed by atoms with Gasteiger partial charge in [0.15, 0.2) is 5.76 Å². The minimum Gasteiger partial charge on any atom is -0.453 e. The van der Waals surface area contributed by atoms with E-state index in [4.69, 9.17) is 4.42 Å². The Hall–Kier alpha value is -1.09. The maximum absolute atomic E-state index is 12.5. The third kappa shape index (κ3) is 2.48. The van der Waals surface area contributed by atoms with Crippen LogP contribution in [0.15, 0.2) is 27.1 Å². The average molecular weight is 321 g/mol. The molecule has 1 aromatic heterocycles. The van der Waals surface area contributed by atoms with Gasteiger partial charge in [0, 0.05) is 15.8 Å². The molecule has 3 heteroatoms. The number of Topliss-reactive ketones (excluding diaryl/α,β-unsaturated/α-hetero) is 1. The number of rotatable bonds is 2. The first-order valence-electron chi connectivity index (χ1n) is 6.89. The SMILES string of the molecule is Cc1cc(Br)cc2cc(C(=O)C3CCCCC3)oc12. The fraction of sp³-hybridized carbons (Fsp3) is 0.438. The summed E-state index contributed by atoms with van der Waals surface area (Å²) < 4.78 is 6.82. The summed E-state index contributed by atoms with van der Waals surface area (Å²) in [6.45, 7) is 2.01. The van der Waals surface area contributed by atoms with Gasteiger partial charge in [0.05, 0.1) is 0 Å². The molecule has 1 fully saturated rings. The van der Waals surface area contributed by atoms with Gasteiger partial charge >= 0.3 is 0 Å². The zero-order valence-corrected chi connectivity index (χ0v) is 12.6. The summed E-state index contributed by atoms with van der Waals surface area (Å²) >= 11 is 3.48. The molecule has 1 heterocycles. The van der Waals surface area contributed by atoms with Gasteiger partial charge in [-0.25, -0.2) is 0 Å². The topological polar surface area (TPSA) is 30.2 Å². The van der Waals surface area contributed by atoms with Gasteiger partial charge in [-0.1, -0.05) is 35.2 Å². The summed E-state index contributed by atoms with van der Waals surface area (Å²) in [5, 5.41) is 1.01. The van der Waals surface area contributed by atoms with E-state index < -0.39 is 0 Å². The lowest BCUT2D eigenvalue weighted by atomic mass is 9.85. The molecule has 1 aliphatic carbocycles. The van der Waals surface area contributed by atoms with Crippen LogP contribution in [0.25, 0.3) is 11.0 Å². The molecule has 0 aliphatic heterocycles. The Labute approximate surface area is 121 Å². The number of fused-ring (bicyclic) bond motifs is 1. The first-order chi connectivity index (χ1) is 9.15. The van der Waals surface area contributed by atoms with Crippen LogP contribution in [-0.2, 0) is 0 Å². The van der Waals surface area contributed by atoms with Crippen LogP contribution in [0.1, 0.15) is 48.2 Å². The Morgan fingerprint density at radius 1 is 1.21 bits per heavy atom. The van der Waals surface area contributed by atoms with Crippen molar-refractivity contribution in [2.45, 2.75) is 39.0 Å². The smallest absolute Gasteiger partial charge is 0.201 e. The molecule has 0 bridgehead atoms. The number of ketones is 1. The number of benzene rings is 1. The van der Waals surface area contributed by atoms with E-state index in [2.05, 4.69) is 15.9 Å². The molecule has 1 aromatic carbocycles. The lowest BCUT2D eigenvalue weighted by Crippen LogP contribution is -2.17. The molecule has 3 rings (SSSR count). The molecule has 19 heavy (non-hydrogen) atoms. The van der Waals surface area contributed by atoms with Crippen LogP contribution >= 0.6 is 15.9 Å². The van der Waals surface area contributed by atoms with Gasteiger partial charge in [-0.2, -0.15) is 0 Å². The third-order valence-corrected chi connectivity index (χ3v) is 4.44. The number of carbonyl (C=O) groups excluding carboxylic acids is 1.